The summed E-state index contributed by atoms with van der Waals surface area (Å²) in [4.78, 5) is 0. The second-order valence-corrected chi connectivity index (χ2v) is 2.84. The van der Waals surface area contributed by atoms with Gasteiger partial charge in [-0.2, -0.15) is 0 Å². The lowest BCUT2D eigenvalue weighted by Gasteiger charge is -2.02. The summed E-state index contributed by atoms with van der Waals surface area (Å²) >= 11 is 5.58. The van der Waals surface area contributed by atoms with Crippen molar-refractivity contribution in [3.8, 4) is 0 Å². The van der Waals surface area contributed by atoms with Crippen molar-refractivity contribution in [2.75, 3.05) is 0 Å². The summed E-state index contributed by atoms with van der Waals surface area (Å²) in [6.07, 6.45) is 0. The molecule has 0 saturated carbocycles. The van der Waals surface area contributed by atoms with Crippen LogP contribution in [0, 0.1) is 25.5 Å². The third kappa shape index (κ3) is 1.36. The van der Waals surface area contributed by atoms with Crippen molar-refractivity contribution in [2.24, 2.45) is 0 Å². The number of hydrogen-bond donors (Lipinski definition) is 0. The molecule has 0 saturated heterocycles. The molecule has 1 aromatic carbocycles. The molecule has 60 valence electrons. The van der Waals surface area contributed by atoms with Gasteiger partial charge in [0.1, 0.15) is 0 Å². The molecule has 0 aliphatic carbocycles. The van der Waals surface area contributed by atoms with Gasteiger partial charge >= 0.3 is 0 Å². The van der Waals surface area contributed by atoms with Gasteiger partial charge in [0.25, 0.3) is 0 Å². The van der Waals surface area contributed by atoms with E-state index in [2.05, 4.69) is 0 Å². The van der Waals surface area contributed by atoms with Gasteiger partial charge in [-0.25, -0.2) is 8.78 Å². The van der Waals surface area contributed by atoms with Crippen LogP contribution in [-0.4, -0.2) is 0 Å². The fourth-order valence-electron chi connectivity index (χ4n) is 0.804. The first kappa shape index (κ1) is 8.47. The van der Waals surface area contributed by atoms with Gasteiger partial charge in [-0.05, 0) is 25.5 Å². The summed E-state index contributed by atoms with van der Waals surface area (Å²) in [7, 11) is 0. The Labute approximate surface area is 68.8 Å². The predicted molar refractivity (Wildman–Crippen MR) is 40.8 cm³/mol. The van der Waals surface area contributed by atoms with E-state index in [-0.39, 0.29) is 16.1 Å². The molecular weight excluding hydrogens is 170 g/mol. The van der Waals surface area contributed by atoms with E-state index in [1.807, 2.05) is 0 Å². The molecule has 11 heavy (non-hydrogen) atoms. The van der Waals surface area contributed by atoms with Gasteiger partial charge in [0.2, 0.25) is 0 Å². The van der Waals surface area contributed by atoms with Crippen molar-refractivity contribution < 1.29 is 8.78 Å². The van der Waals surface area contributed by atoms with Crippen molar-refractivity contribution in [2.45, 2.75) is 13.8 Å². The zero-order chi connectivity index (χ0) is 8.59. The molecule has 0 radical (unpaired) electrons. The maximum Gasteiger partial charge on any atom is 0.163 e. The Morgan fingerprint density at radius 1 is 1.18 bits per heavy atom. The van der Waals surface area contributed by atoms with E-state index in [9.17, 15) is 8.78 Å². The fraction of sp³-hybridized carbons (Fsp3) is 0.250. The van der Waals surface area contributed by atoms with Gasteiger partial charge < -0.3 is 0 Å². The number of rotatable bonds is 0. The summed E-state index contributed by atoms with van der Waals surface area (Å²) in [5.74, 6) is -1.66. The third-order valence-electron chi connectivity index (χ3n) is 1.57. The average Bonchev–Trinajstić information content (AvgIpc) is 1.97. The van der Waals surface area contributed by atoms with Crippen LogP contribution in [0.3, 0.4) is 0 Å². The van der Waals surface area contributed by atoms with Crippen LogP contribution in [0.25, 0.3) is 0 Å². The summed E-state index contributed by atoms with van der Waals surface area (Å²) in [6.45, 7) is 2.92. The fourth-order valence-corrected chi connectivity index (χ4v) is 1.05. The molecule has 0 N–H and O–H groups in total. The van der Waals surface area contributed by atoms with Crippen LogP contribution in [0.4, 0.5) is 8.78 Å². The molecule has 0 nitrogen and oxygen atoms in total. The van der Waals surface area contributed by atoms with Crippen molar-refractivity contribution in [1.82, 2.24) is 0 Å². The molecule has 0 aromatic heterocycles. The predicted octanol–water partition coefficient (Wildman–Crippen LogP) is 3.24. The van der Waals surface area contributed by atoms with E-state index in [0.717, 1.165) is 0 Å². The number of aryl methyl sites for hydroxylation is 1. The maximum absolute atomic E-state index is 12.8. The Morgan fingerprint density at radius 3 is 2.27 bits per heavy atom. The minimum Gasteiger partial charge on any atom is -0.203 e. The molecular formula is C8H7ClF2. The van der Waals surface area contributed by atoms with E-state index < -0.39 is 11.6 Å². The lowest BCUT2D eigenvalue weighted by Crippen LogP contribution is -1.93. The molecule has 1 rings (SSSR count). The molecule has 0 bridgehead atoms. The smallest absolute Gasteiger partial charge is 0.163 e. The first-order valence-corrected chi connectivity index (χ1v) is 3.52. The maximum atomic E-state index is 12.8. The SMILES string of the molecule is Cc1cc(Cl)c(C)c(F)c1F. The van der Waals surface area contributed by atoms with Crippen LogP contribution >= 0.6 is 11.6 Å². The Kier molecular flexibility index (Phi) is 2.14. The second kappa shape index (κ2) is 2.78. The van der Waals surface area contributed by atoms with E-state index in [1.165, 1.54) is 19.9 Å². The van der Waals surface area contributed by atoms with Crippen LogP contribution in [0.15, 0.2) is 6.07 Å². The highest BCUT2D eigenvalue weighted by Crippen LogP contribution is 2.23. The first-order valence-electron chi connectivity index (χ1n) is 3.14. The van der Waals surface area contributed by atoms with E-state index in [4.69, 9.17) is 11.6 Å². The Balaban J connectivity index is 3.46. The molecule has 0 amide bonds. The normalized spacial score (nSPS) is 10.3. The monoisotopic (exact) mass is 176 g/mol. The molecule has 0 aliphatic heterocycles. The largest absolute Gasteiger partial charge is 0.203 e. The van der Waals surface area contributed by atoms with E-state index in [1.54, 1.807) is 0 Å². The molecule has 3 heteroatoms. The summed E-state index contributed by atoms with van der Waals surface area (Å²) in [6, 6.07) is 1.41. The molecule has 0 spiro atoms. The minimum absolute atomic E-state index is 0.162. The summed E-state index contributed by atoms with van der Waals surface area (Å²) < 4.78 is 25.5. The Bertz CT molecular complexity index is 268. The zero-order valence-corrected chi connectivity index (χ0v) is 6.97. The molecule has 0 fully saturated rings. The van der Waals surface area contributed by atoms with Gasteiger partial charge in [0.15, 0.2) is 11.6 Å². The number of hydrogen-bond acceptors (Lipinski definition) is 0. The molecule has 0 aliphatic rings. The van der Waals surface area contributed by atoms with Gasteiger partial charge in [-0.1, -0.05) is 11.6 Å². The average molecular weight is 177 g/mol. The minimum atomic E-state index is -0.852. The Morgan fingerprint density at radius 2 is 1.73 bits per heavy atom. The Hall–Kier alpha value is -0.630. The molecule has 0 heterocycles. The zero-order valence-electron chi connectivity index (χ0n) is 6.21. The van der Waals surface area contributed by atoms with Crippen molar-refractivity contribution >= 4 is 11.6 Å². The van der Waals surface area contributed by atoms with E-state index in [0.29, 0.717) is 0 Å². The third-order valence-corrected chi connectivity index (χ3v) is 1.96. The molecule has 0 atom stereocenters. The van der Waals surface area contributed by atoms with Crippen LogP contribution in [0.1, 0.15) is 11.1 Å². The second-order valence-electron chi connectivity index (χ2n) is 2.43. The quantitative estimate of drug-likeness (QED) is 0.533. The summed E-state index contributed by atoms with van der Waals surface area (Å²) in [5, 5.41) is 0.265. The van der Waals surface area contributed by atoms with Gasteiger partial charge in [0.05, 0.1) is 0 Å². The van der Waals surface area contributed by atoms with Crippen LogP contribution in [-0.2, 0) is 0 Å². The van der Waals surface area contributed by atoms with E-state index >= 15 is 0 Å². The number of benzene rings is 1. The van der Waals surface area contributed by atoms with Crippen LogP contribution in [0.5, 0.6) is 0 Å². The van der Waals surface area contributed by atoms with Crippen molar-refractivity contribution in [1.29, 1.82) is 0 Å². The van der Waals surface area contributed by atoms with Crippen molar-refractivity contribution in [3.05, 3.63) is 33.9 Å². The van der Waals surface area contributed by atoms with Crippen LogP contribution < -0.4 is 0 Å². The molecule has 0 unspecified atom stereocenters. The highest BCUT2D eigenvalue weighted by atomic mass is 35.5. The van der Waals surface area contributed by atoms with Gasteiger partial charge in [0, 0.05) is 10.6 Å². The van der Waals surface area contributed by atoms with Gasteiger partial charge in [-0.15, -0.1) is 0 Å². The lowest BCUT2D eigenvalue weighted by molar-refractivity contribution is 0.498. The first-order chi connectivity index (χ1) is 5.04. The summed E-state index contributed by atoms with van der Waals surface area (Å²) in [5.41, 5.74) is 0.396. The standard InChI is InChI=1S/C8H7ClF2/c1-4-3-6(9)5(2)8(11)7(4)10/h3H,1-2H3. The van der Waals surface area contributed by atoms with Gasteiger partial charge in [-0.3, -0.25) is 0 Å². The lowest BCUT2D eigenvalue weighted by atomic mass is 10.1. The highest BCUT2D eigenvalue weighted by Gasteiger charge is 2.10. The van der Waals surface area contributed by atoms with Crippen LogP contribution in [0.2, 0.25) is 5.02 Å². The highest BCUT2D eigenvalue weighted by molar-refractivity contribution is 6.31. The topological polar surface area (TPSA) is 0 Å². The van der Waals surface area contributed by atoms with Crippen molar-refractivity contribution in [3.63, 3.8) is 0 Å². The number of halogens is 3. The molecule has 1 aromatic rings.